The van der Waals surface area contributed by atoms with Gasteiger partial charge in [-0.05, 0) is 30.5 Å². The van der Waals surface area contributed by atoms with Gasteiger partial charge < -0.3 is 4.74 Å². The van der Waals surface area contributed by atoms with Crippen molar-refractivity contribution in [2.75, 3.05) is 6.61 Å². The van der Waals surface area contributed by atoms with Gasteiger partial charge in [0.2, 0.25) is 0 Å². The van der Waals surface area contributed by atoms with Crippen LogP contribution in [0.2, 0.25) is 5.02 Å². The first-order chi connectivity index (χ1) is 7.66. The molecule has 1 aliphatic rings. The number of halogens is 2. The lowest BCUT2D eigenvalue weighted by Crippen LogP contribution is -2.21. The summed E-state index contributed by atoms with van der Waals surface area (Å²) in [5.41, 5.74) is 0.866. The molecule has 1 aromatic rings. The van der Waals surface area contributed by atoms with E-state index in [0.717, 1.165) is 22.9 Å². The SMILES string of the molecule is O=C(Cc1ccc(Br)cc1Cl)C1CCCO1. The second-order valence-electron chi connectivity index (χ2n) is 3.88. The molecule has 0 aromatic heterocycles. The highest BCUT2D eigenvalue weighted by Gasteiger charge is 2.23. The van der Waals surface area contributed by atoms with Gasteiger partial charge in [0, 0.05) is 22.5 Å². The van der Waals surface area contributed by atoms with Crippen LogP contribution in [-0.4, -0.2) is 18.5 Å². The Labute approximate surface area is 108 Å². The summed E-state index contributed by atoms with van der Waals surface area (Å²) < 4.78 is 6.27. The van der Waals surface area contributed by atoms with Gasteiger partial charge in [-0.25, -0.2) is 0 Å². The Morgan fingerprint density at radius 1 is 1.56 bits per heavy atom. The molecule has 0 bridgehead atoms. The summed E-state index contributed by atoms with van der Waals surface area (Å²) in [5.74, 6) is 0.127. The van der Waals surface area contributed by atoms with E-state index in [1.807, 2.05) is 12.1 Å². The Morgan fingerprint density at radius 2 is 2.38 bits per heavy atom. The molecule has 1 aromatic carbocycles. The molecule has 86 valence electrons. The van der Waals surface area contributed by atoms with Crippen LogP contribution in [0.15, 0.2) is 22.7 Å². The summed E-state index contributed by atoms with van der Waals surface area (Å²) in [6, 6.07) is 5.57. The predicted molar refractivity (Wildman–Crippen MR) is 66.8 cm³/mol. The summed E-state index contributed by atoms with van der Waals surface area (Å²) in [6.07, 6.45) is 1.95. The maximum absolute atomic E-state index is 11.9. The minimum atomic E-state index is -0.222. The zero-order valence-electron chi connectivity index (χ0n) is 8.71. The van der Waals surface area contributed by atoms with Crippen LogP contribution in [0.4, 0.5) is 0 Å². The van der Waals surface area contributed by atoms with Crippen LogP contribution >= 0.6 is 27.5 Å². The van der Waals surface area contributed by atoms with Crippen molar-refractivity contribution >= 4 is 33.3 Å². The average molecular weight is 304 g/mol. The highest BCUT2D eigenvalue weighted by molar-refractivity contribution is 9.10. The number of ketones is 1. The quantitative estimate of drug-likeness (QED) is 0.855. The second-order valence-corrected chi connectivity index (χ2v) is 5.20. The van der Waals surface area contributed by atoms with Crippen molar-refractivity contribution in [1.29, 1.82) is 0 Å². The van der Waals surface area contributed by atoms with Crippen molar-refractivity contribution in [2.24, 2.45) is 0 Å². The topological polar surface area (TPSA) is 26.3 Å². The normalized spacial score (nSPS) is 20.0. The van der Waals surface area contributed by atoms with E-state index in [1.165, 1.54) is 0 Å². The minimum absolute atomic E-state index is 0.127. The van der Waals surface area contributed by atoms with Crippen LogP contribution in [-0.2, 0) is 16.0 Å². The number of carbonyl (C=O) groups is 1. The van der Waals surface area contributed by atoms with E-state index in [-0.39, 0.29) is 11.9 Å². The maximum atomic E-state index is 11.9. The van der Waals surface area contributed by atoms with E-state index < -0.39 is 0 Å². The largest absolute Gasteiger partial charge is 0.370 e. The minimum Gasteiger partial charge on any atom is -0.370 e. The van der Waals surface area contributed by atoms with Crippen LogP contribution in [0.25, 0.3) is 0 Å². The highest BCUT2D eigenvalue weighted by atomic mass is 79.9. The van der Waals surface area contributed by atoms with E-state index in [1.54, 1.807) is 6.07 Å². The summed E-state index contributed by atoms with van der Waals surface area (Å²) in [7, 11) is 0. The van der Waals surface area contributed by atoms with Gasteiger partial charge in [0.05, 0.1) is 0 Å². The zero-order chi connectivity index (χ0) is 11.5. The van der Waals surface area contributed by atoms with Gasteiger partial charge in [-0.15, -0.1) is 0 Å². The van der Waals surface area contributed by atoms with Gasteiger partial charge in [0.1, 0.15) is 6.10 Å². The number of hydrogen-bond donors (Lipinski definition) is 0. The van der Waals surface area contributed by atoms with Crippen molar-refractivity contribution in [3.8, 4) is 0 Å². The summed E-state index contributed by atoms with van der Waals surface area (Å²) in [5, 5.41) is 0.626. The monoisotopic (exact) mass is 302 g/mol. The lowest BCUT2D eigenvalue weighted by atomic mass is 10.0. The molecule has 1 unspecified atom stereocenters. The Balaban J connectivity index is 2.05. The summed E-state index contributed by atoms with van der Waals surface area (Å²) in [4.78, 5) is 11.9. The van der Waals surface area contributed by atoms with Crippen LogP contribution in [0.1, 0.15) is 18.4 Å². The Hall–Kier alpha value is -0.380. The first-order valence-electron chi connectivity index (χ1n) is 5.25. The van der Waals surface area contributed by atoms with E-state index in [4.69, 9.17) is 16.3 Å². The summed E-state index contributed by atoms with van der Waals surface area (Å²) in [6.45, 7) is 0.699. The first kappa shape index (κ1) is 12.1. The number of hydrogen-bond acceptors (Lipinski definition) is 2. The molecule has 0 aliphatic carbocycles. The number of Topliss-reactive ketones (excluding diaryl/α,β-unsaturated/α-hetero) is 1. The zero-order valence-corrected chi connectivity index (χ0v) is 11.1. The van der Waals surface area contributed by atoms with Crippen molar-refractivity contribution in [1.82, 2.24) is 0 Å². The first-order valence-corrected chi connectivity index (χ1v) is 6.42. The van der Waals surface area contributed by atoms with Crippen LogP contribution in [0, 0.1) is 0 Å². The molecule has 2 nitrogen and oxygen atoms in total. The van der Waals surface area contributed by atoms with Gasteiger partial charge in [-0.2, -0.15) is 0 Å². The fourth-order valence-corrected chi connectivity index (χ4v) is 2.54. The molecule has 0 saturated carbocycles. The molecule has 0 radical (unpaired) electrons. The molecule has 0 spiro atoms. The van der Waals surface area contributed by atoms with E-state index in [2.05, 4.69) is 15.9 Å². The molecule has 0 N–H and O–H groups in total. The maximum Gasteiger partial charge on any atom is 0.165 e. The van der Waals surface area contributed by atoms with Crippen molar-refractivity contribution in [3.63, 3.8) is 0 Å². The Morgan fingerprint density at radius 3 is 3.00 bits per heavy atom. The third-order valence-corrected chi connectivity index (χ3v) is 3.51. The van der Waals surface area contributed by atoms with Gasteiger partial charge in [0.25, 0.3) is 0 Å². The van der Waals surface area contributed by atoms with Gasteiger partial charge in [-0.1, -0.05) is 33.6 Å². The molecule has 1 aliphatic heterocycles. The third kappa shape index (κ3) is 2.84. The van der Waals surface area contributed by atoms with Crippen LogP contribution in [0.5, 0.6) is 0 Å². The van der Waals surface area contributed by atoms with Gasteiger partial charge in [-0.3, -0.25) is 4.79 Å². The molecular formula is C12H12BrClO2. The number of ether oxygens (including phenoxy) is 1. The van der Waals surface area contributed by atoms with E-state index in [0.29, 0.717) is 18.1 Å². The number of rotatable bonds is 3. The van der Waals surface area contributed by atoms with Crippen molar-refractivity contribution in [3.05, 3.63) is 33.3 Å². The van der Waals surface area contributed by atoms with E-state index in [9.17, 15) is 4.79 Å². The molecule has 2 rings (SSSR count). The molecule has 1 heterocycles. The Bertz CT molecular complexity index is 400. The van der Waals surface area contributed by atoms with Gasteiger partial charge in [0.15, 0.2) is 5.78 Å². The Kier molecular flexibility index (Phi) is 4.00. The lowest BCUT2D eigenvalue weighted by Gasteiger charge is -2.09. The lowest BCUT2D eigenvalue weighted by molar-refractivity contribution is -0.127. The molecule has 0 amide bonds. The van der Waals surface area contributed by atoms with Gasteiger partial charge >= 0.3 is 0 Å². The molecule has 1 saturated heterocycles. The standard InChI is InChI=1S/C12H12BrClO2/c13-9-4-3-8(10(14)7-9)6-11(15)12-2-1-5-16-12/h3-4,7,12H,1-2,5-6H2. The van der Waals surface area contributed by atoms with Crippen LogP contribution < -0.4 is 0 Å². The second kappa shape index (κ2) is 5.30. The molecule has 1 atom stereocenters. The third-order valence-electron chi connectivity index (χ3n) is 2.67. The fraction of sp³-hybridized carbons (Fsp3) is 0.417. The molecule has 16 heavy (non-hydrogen) atoms. The van der Waals surface area contributed by atoms with Crippen molar-refractivity contribution in [2.45, 2.75) is 25.4 Å². The smallest absolute Gasteiger partial charge is 0.165 e. The van der Waals surface area contributed by atoms with Crippen LogP contribution in [0.3, 0.4) is 0 Å². The number of carbonyl (C=O) groups excluding carboxylic acids is 1. The average Bonchev–Trinajstić information content (AvgIpc) is 2.75. The fourth-order valence-electron chi connectivity index (χ4n) is 1.80. The molecular weight excluding hydrogens is 291 g/mol. The summed E-state index contributed by atoms with van der Waals surface area (Å²) >= 11 is 9.39. The van der Waals surface area contributed by atoms with Crippen molar-refractivity contribution < 1.29 is 9.53 Å². The molecule has 1 fully saturated rings. The predicted octanol–water partition coefficient (Wildman–Crippen LogP) is 3.39. The highest BCUT2D eigenvalue weighted by Crippen LogP contribution is 2.23. The number of benzene rings is 1. The molecule has 4 heteroatoms. The van der Waals surface area contributed by atoms with E-state index >= 15 is 0 Å².